The van der Waals surface area contributed by atoms with Crippen LogP contribution in [-0.4, -0.2) is 10.3 Å². The minimum atomic E-state index is 0.119. The predicted molar refractivity (Wildman–Crippen MR) is 104 cm³/mol. The zero-order valence-corrected chi connectivity index (χ0v) is 15.9. The molecule has 0 saturated carbocycles. The van der Waals surface area contributed by atoms with Crippen molar-refractivity contribution in [2.75, 3.05) is 0 Å². The lowest BCUT2D eigenvalue weighted by Gasteiger charge is -2.10. The first-order valence-electron chi connectivity index (χ1n) is 8.05. The van der Waals surface area contributed by atoms with E-state index >= 15 is 0 Å². The Morgan fingerprint density at radius 3 is 2.67 bits per heavy atom. The molecule has 0 aliphatic carbocycles. The van der Waals surface area contributed by atoms with Gasteiger partial charge in [0.1, 0.15) is 11.1 Å². The molecule has 0 saturated heterocycles. The van der Waals surface area contributed by atoms with Gasteiger partial charge in [0.15, 0.2) is 0 Å². The Morgan fingerprint density at radius 2 is 1.92 bits per heavy atom. The number of aromatic nitrogens is 1. The Kier molecular flexibility index (Phi) is 3.66. The van der Waals surface area contributed by atoms with Crippen molar-refractivity contribution in [1.82, 2.24) is 4.57 Å². The van der Waals surface area contributed by atoms with Crippen LogP contribution in [0.1, 0.15) is 32.8 Å². The lowest BCUT2D eigenvalue weighted by atomic mass is 10.0. The molecule has 1 aliphatic rings. The van der Waals surface area contributed by atoms with E-state index in [4.69, 9.17) is 16.6 Å². The SMILES string of the molecule is Cc1cn2c(c1C)C(c1ccccc1Cl)=NCc1cc(C)[s+](C)c1-2. The first-order chi connectivity index (χ1) is 11.5. The highest BCUT2D eigenvalue weighted by molar-refractivity contribution is 7.32. The third-order valence-corrected chi connectivity index (χ3v) is 7.37. The molecule has 0 amide bonds. The summed E-state index contributed by atoms with van der Waals surface area (Å²) in [5.74, 6) is 0. The number of aliphatic imine (C=N–C) groups is 1. The van der Waals surface area contributed by atoms with E-state index in [-0.39, 0.29) is 10.5 Å². The lowest BCUT2D eigenvalue weighted by molar-refractivity contribution is 1.04. The van der Waals surface area contributed by atoms with Crippen LogP contribution in [-0.2, 0) is 12.8 Å². The first kappa shape index (κ1) is 15.7. The number of rotatable bonds is 1. The van der Waals surface area contributed by atoms with E-state index in [1.54, 1.807) is 0 Å². The van der Waals surface area contributed by atoms with E-state index in [0.29, 0.717) is 6.54 Å². The maximum atomic E-state index is 6.50. The third-order valence-electron chi connectivity index (χ3n) is 4.92. The molecule has 1 aromatic carbocycles. The molecule has 2 nitrogen and oxygen atoms in total. The Hall–Kier alpha value is -1.84. The van der Waals surface area contributed by atoms with Gasteiger partial charge in [-0.25, -0.2) is 0 Å². The largest absolute Gasteiger partial charge is 0.277 e. The summed E-state index contributed by atoms with van der Waals surface area (Å²) in [6.45, 7) is 7.29. The molecule has 0 spiro atoms. The van der Waals surface area contributed by atoms with Crippen molar-refractivity contribution >= 4 is 27.8 Å². The second-order valence-corrected chi connectivity index (χ2v) is 8.85. The first-order valence-corrected chi connectivity index (χ1v) is 10.1. The van der Waals surface area contributed by atoms with Crippen LogP contribution in [0, 0.1) is 20.8 Å². The summed E-state index contributed by atoms with van der Waals surface area (Å²) in [5, 5.41) is 2.15. The van der Waals surface area contributed by atoms with Gasteiger partial charge in [0, 0.05) is 35.2 Å². The minimum absolute atomic E-state index is 0.119. The zero-order chi connectivity index (χ0) is 17.0. The second kappa shape index (κ2) is 5.61. The van der Waals surface area contributed by atoms with Gasteiger partial charge in [-0.1, -0.05) is 29.8 Å². The quantitative estimate of drug-likeness (QED) is 0.499. The molecule has 1 atom stereocenters. The highest BCUT2D eigenvalue weighted by Gasteiger charge is 2.30. The maximum absolute atomic E-state index is 6.50. The van der Waals surface area contributed by atoms with E-state index in [9.17, 15) is 0 Å². The Bertz CT molecular complexity index is 991. The number of thiophene rings is 1. The van der Waals surface area contributed by atoms with Crippen molar-refractivity contribution in [3.63, 3.8) is 0 Å². The molecule has 1 aliphatic heterocycles. The van der Waals surface area contributed by atoms with Crippen LogP contribution in [0.25, 0.3) is 5.00 Å². The standard InChI is InChI=1S/C20H20ClN2S/c1-12-11-23-19(14(12)3)18(16-7-5-6-8-17(16)21)22-10-15-9-13(2)24(4)20(15)23/h5-9,11H,10H2,1-4H3/q+1. The normalized spacial score (nSPS) is 14.0. The van der Waals surface area contributed by atoms with Gasteiger partial charge in [0.05, 0.1) is 28.5 Å². The fraction of sp³-hybridized carbons (Fsp3) is 0.250. The van der Waals surface area contributed by atoms with Gasteiger partial charge in [-0.15, -0.1) is 0 Å². The van der Waals surface area contributed by atoms with E-state index < -0.39 is 0 Å². The number of aryl methyl sites for hydroxylation is 2. The predicted octanol–water partition coefficient (Wildman–Crippen LogP) is 5.69. The minimum Gasteiger partial charge on any atom is -0.277 e. The number of halogens is 1. The zero-order valence-electron chi connectivity index (χ0n) is 14.4. The number of fused-ring (bicyclic) bond motifs is 3. The van der Waals surface area contributed by atoms with Gasteiger partial charge in [0.25, 0.3) is 5.00 Å². The topological polar surface area (TPSA) is 17.3 Å². The van der Waals surface area contributed by atoms with Crippen LogP contribution in [0.2, 0.25) is 5.02 Å². The highest BCUT2D eigenvalue weighted by Crippen LogP contribution is 2.40. The van der Waals surface area contributed by atoms with E-state index in [1.807, 2.05) is 18.2 Å². The van der Waals surface area contributed by atoms with Crippen LogP contribution < -0.4 is 0 Å². The van der Waals surface area contributed by atoms with Crippen molar-refractivity contribution in [2.24, 2.45) is 11.2 Å². The lowest BCUT2D eigenvalue weighted by Crippen LogP contribution is -2.10. The average Bonchev–Trinajstić information content (AvgIpc) is 2.93. The molecule has 4 rings (SSSR count). The van der Waals surface area contributed by atoms with Crippen LogP contribution in [0.4, 0.5) is 0 Å². The molecule has 4 heteroatoms. The summed E-state index contributed by atoms with van der Waals surface area (Å²) in [7, 11) is 0.119. The van der Waals surface area contributed by atoms with Crippen LogP contribution in [0.3, 0.4) is 0 Å². The van der Waals surface area contributed by atoms with Crippen molar-refractivity contribution < 1.29 is 0 Å². The van der Waals surface area contributed by atoms with Gasteiger partial charge in [-0.2, -0.15) is 0 Å². The summed E-state index contributed by atoms with van der Waals surface area (Å²) >= 11 is 6.50. The highest BCUT2D eigenvalue weighted by atomic mass is 35.5. The fourth-order valence-corrected chi connectivity index (χ4v) is 5.24. The molecule has 0 N–H and O–H groups in total. The fourth-order valence-electron chi connectivity index (χ4n) is 3.44. The van der Waals surface area contributed by atoms with Crippen molar-refractivity contribution in [2.45, 2.75) is 27.3 Å². The molecule has 0 fully saturated rings. The van der Waals surface area contributed by atoms with Gasteiger partial charge in [0.2, 0.25) is 0 Å². The molecular weight excluding hydrogens is 336 g/mol. The molecule has 3 aromatic rings. The summed E-state index contributed by atoms with van der Waals surface area (Å²) in [6.07, 6.45) is 4.57. The molecule has 122 valence electrons. The Morgan fingerprint density at radius 1 is 1.17 bits per heavy atom. The average molecular weight is 356 g/mol. The summed E-state index contributed by atoms with van der Waals surface area (Å²) in [5.41, 5.74) is 7.11. The molecule has 3 heterocycles. The number of benzene rings is 1. The summed E-state index contributed by atoms with van der Waals surface area (Å²) in [4.78, 5) is 6.43. The number of nitrogens with zero attached hydrogens (tertiary/aromatic N) is 2. The smallest absolute Gasteiger partial charge is 0.256 e. The van der Waals surface area contributed by atoms with Gasteiger partial charge in [-0.05, 0) is 31.0 Å². The molecule has 1 unspecified atom stereocenters. The van der Waals surface area contributed by atoms with Gasteiger partial charge < -0.3 is 0 Å². The van der Waals surface area contributed by atoms with Gasteiger partial charge in [-0.3, -0.25) is 9.56 Å². The van der Waals surface area contributed by atoms with Crippen molar-refractivity contribution in [3.05, 3.63) is 74.4 Å². The van der Waals surface area contributed by atoms with E-state index in [0.717, 1.165) is 16.3 Å². The summed E-state index contributed by atoms with van der Waals surface area (Å²) < 4.78 is 2.37. The molecule has 0 radical (unpaired) electrons. The number of hydrogen-bond donors (Lipinski definition) is 0. The molecule has 24 heavy (non-hydrogen) atoms. The monoisotopic (exact) mass is 355 g/mol. The summed E-state index contributed by atoms with van der Waals surface area (Å²) in [6, 6.07) is 10.3. The Labute approximate surface area is 150 Å². The van der Waals surface area contributed by atoms with E-state index in [1.165, 1.54) is 32.3 Å². The van der Waals surface area contributed by atoms with Crippen LogP contribution in [0.5, 0.6) is 0 Å². The van der Waals surface area contributed by atoms with Crippen LogP contribution >= 0.6 is 22.1 Å². The number of hydrogen-bond acceptors (Lipinski definition) is 1. The molecular formula is C20H20ClN2S+. The third kappa shape index (κ3) is 2.19. The van der Waals surface area contributed by atoms with E-state index in [2.05, 4.69) is 49.9 Å². The second-order valence-electron chi connectivity index (χ2n) is 6.40. The molecule has 2 aromatic heterocycles. The van der Waals surface area contributed by atoms with Crippen molar-refractivity contribution in [1.29, 1.82) is 0 Å². The van der Waals surface area contributed by atoms with Crippen molar-refractivity contribution in [3.8, 4) is 5.00 Å². The van der Waals surface area contributed by atoms with Crippen LogP contribution in [0.15, 0.2) is 41.5 Å². The maximum Gasteiger partial charge on any atom is 0.256 e. The Balaban J connectivity index is 2.06. The van der Waals surface area contributed by atoms with Gasteiger partial charge >= 0.3 is 0 Å². The molecule has 0 bridgehead atoms.